The summed E-state index contributed by atoms with van der Waals surface area (Å²) in [6, 6.07) is 4.72. The van der Waals surface area contributed by atoms with E-state index in [-0.39, 0.29) is 11.7 Å². The molecule has 1 N–H and O–H groups in total. The third-order valence-electron chi connectivity index (χ3n) is 4.43. The van der Waals surface area contributed by atoms with Gasteiger partial charge in [0.25, 0.3) is 0 Å². The number of ether oxygens (including phenoxy) is 1. The maximum atomic E-state index is 14.0. The summed E-state index contributed by atoms with van der Waals surface area (Å²) < 4.78 is 19.2. The molecule has 1 aromatic rings. The van der Waals surface area contributed by atoms with Crippen LogP contribution in [0.1, 0.15) is 50.7 Å². The second-order valence-corrected chi connectivity index (χ2v) is 5.42. The van der Waals surface area contributed by atoms with Crippen molar-refractivity contribution in [2.45, 2.75) is 45.1 Å². The van der Waals surface area contributed by atoms with Gasteiger partial charge in [-0.15, -0.1) is 0 Å². The van der Waals surface area contributed by atoms with Crippen molar-refractivity contribution in [1.29, 1.82) is 0 Å². The molecule has 0 saturated heterocycles. The number of methoxy groups -OCH3 is 1. The molecule has 1 aromatic carbocycles. The topological polar surface area (TPSA) is 29.5 Å². The lowest BCUT2D eigenvalue weighted by Crippen LogP contribution is -2.26. The van der Waals surface area contributed by atoms with Gasteiger partial charge in [-0.2, -0.15) is 0 Å². The van der Waals surface area contributed by atoms with Gasteiger partial charge in [0.2, 0.25) is 0 Å². The molecule has 0 amide bonds. The Kier molecular flexibility index (Phi) is 4.81. The van der Waals surface area contributed by atoms with Crippen LogP contribution in [0, 0.1) is 17.7 Å². The fourth-order valence-electron chi connectivity index (χ4n) is 3.36. The number of hydrogen-bond acceptors (Lipinski definition) is 2. The van der Waals surface area contributed by atoms with E-state index in [9.17, 15) is 9.50 Å². The van der Waals surface area contributed by atoms with Gasteiger partial charge in [0.1, 0.15) is 11.6 Å². The summed E-state index contributed by atoms with van der Waals surface area (Å²) in [4.78, 5) is 0. The number of aliphatic hydroxyl groups excluding tert-OH is 1. The second kappa shape index (κ2) is 6.38. The van der Waals surface area contributed by atoms with Gasteiger partial charge in [-0.05, 0) is 30.4 Å². The number of benzene rings is 1. The van der Waals surface area contributed by atoms with Crippen LogP contribution in [0.3, 0.4) is 0 Å². The van der Waals surface area contributed by atoms with Crippen molar-refractivity contribution in [2.75, 3.05) is 7.11 Å². The van der Waals surface area contributed by atoms with Gasteiger partial charge in [0.15, 0.2) is 0 Å². The van der Waals surface area contributed by atoms with Crippen molar-refractivity contribution in [2.24, 2.45) is 11.8 Å². The zero-order valence-electron chi connectivity index (χ0n) is 11.7. The van der Waals surface area contributed by atoms with Gasteiger partial charge in [-0.25, -0.2) is 4.39 Å². The van der Waals surface area contributed by atoms with E-state index < -0.39 is 6.10 Å². The van der Waals surface area contributed by atoms with Crippen molar-refractivity contribution in [3.8, 4) is 5.75 Å². The molecule has 19 heavy (non-hydrogen) atoms. The minimum absolute atomic E-state index is 0.143. The van der Waals surface area contributed by atoms with Gasteiger partial charge in [-0.1, -0.05) is 38.7 Å². The third-order valence-corrected chi connectivity index (χ3v) is 4.43. The monoisotopic (exact) mass is 266 g/mol. The molecule has 0 heterocycles. The first kappa shape index (κ1) is 14.3. The Balaban J connectivity index is 2.29. The van der Waals surface area contributed by atoms with Crippen molar-refractivity contribution >= 4 is 0 Å². The minimum atomic E-state index is -0.763. The van der Waals surface area contributed by atoms with Gasteiger partial charge < -0.3 is 9.84 Å². The average molecular weight is 266 g/mol. The molecule has 3 heteroatoms. The molecule has 0 spiro atoms. The summed E-state index contributed by atoms with van der Waals surface area (Å²) in [5.74, 6) is 0.706. The first-order chi connectivity index (χ1) is 9.19. The molecule has 0 aliphatic heterocycles. The quantitative estimate of drug-likeness (QED) is 0.889. The zero-order chi connectivity index (χ0) is 13.8. The molecule has 0 radical (unpaired) electrons. The maximum Gasteiger partial charge on any atom is 0.132 e. The largest absolute Gasteiger partial charge is 0.496 e. The van der Waals surface area contributed by atoms with Gasteiger partial charge in [0.05, 0.1) is 18.8 Å². The second-order valence-electron chi connectivity index (χ2n) is 5.42. The highest BCUT2D eigenvalue weighted by atomic mass is 19.1. The number of aliphatic hydroxyl groups is 1. The van der Waals surface area contributed by atoms with Crippen LogP contribution in [0.2, 0.25) is 0 Å². The zero-order valence-corrected chi connectivity index (χ0v) is 11.7. The molecule has 3 unspecified atom stereocenters. The smallest absolute Gasteiger partial charge is 0.132 e. The van der Waals surface area contributed by atoms with Crippen molar-refractivity contribution in [3.63, 3.8) is 0 Å². The molecular formula is C16H23FO2. The molecule has 0 aromatic heterocycles. The summed E-state index contributed by atoms with van der Waals surface area (Å²) in [6.45, 7) is 2.15. The summed E-state index contributed by atoms with van der Waals surface area (Å²) >= 11 is 0. The first-order valence-electron chi connectivity index (χ1n) is 7.19. The molecule has 1 fully saturated rings. The van der Waals surface area contributed by atoms with Crippen LogP contribution in [-0.4, -0.2) is 12.2 Å². The molecule has 0 bridgehead atoms. The Bertz CT molecular complexity index is 419. The van der Waals surface area contributed by atoms with Crippen LogP contribution >= 0.6 is 0 Å². The lowest BCUT2D eigenvalue weighted by Gasteiger charge is -2.35. The molecule has 106 valence electrons. The first-order valence-corrected chi connectivity index (χ1v) is 7.19. The van der Waals surface area contributed by atoms with E-state index in [4.69, 9.17) is 4.74 Å². The summed E-state index contributed by atoms with van der Waals surface area (Å²) in [6.07, 6.45) is 4.72. The molecule has 1 aliphatic rings. The number of rotatable bonds is 4. The third kappa shape index (κ3) is 2.92. The van der Waals surface area contributed by atoms with E-state index in [1.807, 2.05) is 0 Å². The van der Waals surface area contributed by atoms with E-state index in [1.165, 1.54) is 19.6 Å². The van der Waals surface area contributed by atoms with E-state index in [2.05, 4.69) is 6.92 Å². The molecule has 2 rings (SSSR count). The molecule has 1 saturated carbocycles. The summed E-state index contributed by atoms with van der Waals surface area (Å²) in [5, 5.41) is 10.6. The van der Waals surface area contributed by atoms with Gasteiger partial charge >= 0.3 is 0 Å². The minimum Gasteiger partial charge on any atom is -0.496 e. The lowest BCUT2D eigenvalue weighted by molar-refractivity contribution is 0.0409. The Morgan fingerprint density at radius 2 is 2.11 bits per heavy atom. The fourth-order valence-corrected chi connectivity index (χ4v) is 3.36. The van der Waals surface area contributed by atoms with Gasteiger partial charge in [-0.3, -0.25) is 0 Å². The van der Waals surface area contributed by atoms with E-state index in [1.54, 1.807) is 12.1 Å². The van der Waals surface area contributed by atoms with Crippen molar-refractivity contribution in [3.05, 3.63) is 29.6 Å². The average Bonchev–Trinajstić information content (AvgIpc) is 2.46. The Morgan fingerprint density at radius 1 is 1.37 bits per heavy atom. The lowest BCUT2D eigenvalue weighted by atomic mass is 9.73. The van der Waals surface area contributed by atoms with E-state index in [0.717, 1.165) is 25.7 Å². The number of halogens is 1. The van der Waals surface area contributed by atoms with E-state index in [0.29, 0.717) is 17.2 Å². The summed E-state index contributed by atoms with van der Waals surface area (Å²) in [7, 11) is 1.52. The molecule has 3 atom stereocenters. The Morgan fingerprint density at radius 3 is 2.79 bits per heavy atom. The van der Waals surface area contributed by atoms with Crippen LogP contribution in [0.5, 0.6) is 5.75 Å². The van der Waals surface area contributed by atoms with Crippen LogP contribution in [0.25, 0.3) is 0 Å². The Hall–Kier alpha value is -1.09. The number of hydrogen-bond donors (Lipinski definition) is 1. The molecule has 1 aliphatic carbocycles. The predicted molar refractivity (Wildman–Crippen MR) is 73.7 cm³/mol. The highest BCUT2D eigenvalue weighted by molar-refractivity contribution is 5.36. The van der Waals surface area contributed by atoms with Crippen LogP contribution < -0.4 is 4.74 Å². The highest BCUT2D eigenvalue weighted by Gasteiger charge is 2.33. The highest BCUT2D eigenvalue weighted by Crippen LogP contribution is 2.43. The SMILES string of the molecule is CCC1CCCCC1C(O)c1c(F)cccc1OC. The predicted octanol–water partition coefficient (Wildman–Crippen LogP) is 4.08. The maximum absolute atomic E-state index is 14.0. The summed E-state index contributed by atoms with van der Waals surface area (Å²) in [5.41, 5.74) is 0.329. The van der Waals surface area contributed by atoms with Crippen molar-refractivity contribution < 1.29 is 14.2 Å². The van der Waals surface area contributed by atoms with Crippen molar-refractivity contribution in [1.82, 2.24) is 0 Å². The van der Waals surface area contributed by atoms with Gasteiger partial charge in [0, 0.05) is 0 Å². The van der Waals surface area contributed by atoms with E-state index >= 15 is 0 Å². The molecular weight excluding hydrogens is 243 g/mol. The standard InChI is InChI=1S/C16H23FO2/c1-3-11-7-4-5-8-12(11)16(18)15-13(17)9-6-10-14(15)19-2/h6,9-12,16,18H,3-5,7-8H2,1-2H3. The van der Waals surface area contributed by atoms with Crippen LogP contribution in [0.15, 0.2) is 18.2 Å². The fraction of sp³-hybridized carbons (Fsp3) is 0.625. The normalized spacial score (nSPS) is 25.1. The van der Waals surface area contributed by atoms with Crippen LogP contribution in [-0.2, 0) is 0 Å². The van der Waals surface area contributed by atoms with Crippen LogP contribution in [0.4, 0.5) is 4.39 Å². The Labute approximate surface area is 114 Å². The molecule has 2 nitrogen and oxygen atoms in total.